The number of hydrogen-bond donors (Lipinski definition) is 0. The van der Waals surface area contributed by atoms with Gasteiger partial charge < -0.3 is 9.74 Å². The molecule has 0 aliphatic heterocycles. The molecular formula is C7H13N3O. The van der Waals surface area contributed by atoms with Crippen molar-refractivity contribution in [1.29, 1.82) is 0 Å². The zero-order valence-corrected chi connectivity index (χ0v) is 6.90. The third kappa shape index (κ3) is 3.04. The minimum absolute atomic E-state index is 0.684. The Morgan fingerprint density at radius 1 is 1.55 bits per heavy atom. The maximum atomic E-state index is 5.27. The largest absolute Gasteiger partial charge is 0.412 e. The van der Waals surface area contributed by atoms with Crippen LogP contribution in [-0.2, 0) is 0 Å². The Kier molecular flexibility index (Phi) is 2.92. The van der Waals surface area contributed by atoms with Gasteiger partial charge in [-0.3, -0.25) is 0 Å². The molecular weight excluding hydrogens is 142 g/mol. The van der Waals surface area contributed by atoms with E-state index in [1.165, 1.54) is 0 Å². The quantitative estimate of drug-likeness (QED) is 0.607. The molecule has 0 radical (unpaired) electrons. The monoisotopic (exact) mass is 155 g/mol. The number of nitrogens with zero attached hydrogens (tertiary/aromatic N) is 3. The highest BCUT2D eigenvalue weighted by molar-refractivity contribution is 4.69. The molecule has 0 atom stereocenters. The third-order valence-electron chi connectivity index (χ3n) is 1.26. The summed E-state index contributed by atoms with van der Waals surface area (Å²) >= 11 is 0. The summed E-state index contributed by atoms with van der Waals surface area (Å²) in [6.07, 6.45) is 5.10. The Morgan fingerprint density at radius 3 is 2.91 bits per heavy atom. The molecule has 4 nitrogen and oxygen atoms in total. The first-order valence-electron chi connectivity index (χ1n) is 3.55. The van der Waals surface area contributed by atoms with Crippen LogP contribution in [-0.4, -0.2) is 41.9 Å². The van der Waals surface area contributed by atoms with Gasteiger partial charge in [0.2, 0.25) is 0 Å². The lowest BCUT2D eigenvalue weighted by atomic mass is 10.6. The first-order chi connectivity index (χ1) is 5.29. The smallest absolute Gasteiger partial charge is 0.131 e. The molecule has 0 amide bonds. The second-order valence-electron chi connectivity index (χ2n) is 2.56. The number of likely N-dealkylation sites (N-methyl/N-ethyl adjacent to an activating group) is 1. The summed E-state index contributed by atoms with van der Waals surface area (Å²) in [4.78, 5) is 11.2. The topological polar surface area (TPSA) is 30.3 Å². The van der Waals surface area contributed by atoms with Crippen LogP contribution in [0.2, 0.25) is 0 Å². The zero-order chi connectivity index (χ0) is 8.10. The lowest BCUT2D eigenvalue weighted by Gasteiger charge is -2.10. The van der Waals surface area contributed by atoms with Crippen LogP contribution >= 0.6 is 0 Å². The minimum Gasteiger partial charge on any atom is -0.412 e. The first-order valence-corrected chi connectivity index (χ1v) is 3.55. The molecule has 0 N–H and O–H groups in total. The van der Waals surface area contributed by atoms with E-state index in [9.17, 15) is 0 Å². The molecule has 0 bridgehead atoms. The van der Waals surface area contributed by atoms with Crippen LogP contribution < -0.4 is 4.84 Å². The minimum atomic E-state index is 0.684. The summed E-state index contributed by atoms with van der Waals surface area (Å²) in [5.74, 6) is 0. The van der Waals surface area contributed by atoms with Gasteiger partial charge in [0.05, 0.1) is 6.20 Å². The molecule has 0 saturated carbocycles. The van der Waals surface area contributed by atoms with Crippen LogP contribution in [0.4, 0.5) is 0 Å². The standard InChI is InChI=1S/C7H13N3O/c1-9(2)5-6-11-10-4-3-8-7-10/h3-4,7H,5-6H2,1-2H3. The molecule has 0 unspecified atom stereocenters. The Hall–Kier alpha value is -1.03. The summed E-state index contributed by atoms with van der Waals surface area (Å²) in [6.45, 7) is 1.60. The van der Waals surface area contributed by atoms with Crippen molar-refractivity contribution in [1.82, 2.24) is 14.6 Å². The molecule has 0 aliphatic rings. The van der Waals surface area contributed by atoms with E-state index in [4.69, 9.17) is 4.84 Å². The molecule has 1 rings (SSSR count). The average Bonchev–Trinajstić information content (AvgIpc) is 2.39. The predicted octanol–water partition coefficient (Wildman–Crippen LogP) is -0.127. The number of rotatable bonds is 4. The lowest BCUT2D eigenvalue weighted by Crippen LogP contribution is -2.23. The Bertz CT molecular complexity index is 184. The highest BCUT2D eigenvalue weighted by Crippen LogP contribution is 1.80. The summed E-state index contributed by atoms with van der Waals surface area (Å²) in [7, 11) is 4.02. The SMILES string of the molecule is CN(C)CCOn1ccnc1. The van der Waals surface area contributed by atoms with Gasteiger partial charge in [0.1, 0.15) is 12.9 Å². The Morgan fingerprint density at radius 2 is 2.36 bits per heavy atom. The molecule has 1 aromatic heterocycles. The van der Waals surface area contributed by atoms with Gasteiger partial charge in [-0.1, -0.05) is 0 Å². The third-order valence-corrected chi connectivity index (χ3v) is 1.26. The summed E-state index contributed by atoms with van der Waals surface area (Å²) in [5, 5.41) is 0. The van der Waals surface area contributed by atoms with Crippen molar-refractivity contribution in [3.05, 3.63) is 18.7 Å². The second kappa shape index (κ2) is 3.98. The van der Waals surface area contributed by atoms with Crippen molar-refractivity contribution in [2.24, 2.45) is 0 Å². The van der Waals surface area contributed by atoms with E-state index in [0.29, 0.717) is 6.61 Å². The van der Waals surface area contributed by atoms with E-state index in [-0.39, 0.29) is 0 Å². The highest BCUT2D eigenvalue weighted by atomic mass is 16.7. The molecule has 1 aromatic rings. The maximum Gasteiger partial charge on any atom is 0.131 e. The lowest BCUT2D eigenvalue weighted by molar-refractivity contribution is 0.0963. The summed E-state index contributed by atoms with van der Waals surface area (Å²) in [6, 6.07) is 0. The van der Waals surface area contributed by atoms with Gasteiger partial charge in [-0.15, -0.1) is 0 Å². The van der Waals surface area contributed by atoms with Crippen LogP contribution in [0.5, 0.6) is 0 Å². The van der Waals surface area contributed by atoms with E-state index in [1.807, 2.05) is 14.1 Å². The fourth-order valence-electron chi connectivity index (χ4n) is 0.652. The van der Waals surface area contributed by atoms with Crippen molar-refractivity contribution < 1.29 is 4.84 Å². The normalized spacial score (nSPS) is 10.5. The molecule has 0 saturated heterocycles. The number of aromatic nitrogens is 2. The van der Waals surface area contributed by atoms with Gasteiger partial charge in [0.25, 0.3) is 0 Å². The fourth-order valence-corrected chi connectivity index (χ4v) is 0.652. The van der Waals surface area contributed by atoms with Crippen molar-refractivity contribution in [2.75, 3.05) is 27.2 Å². The van der Waals surface area contributed by atoms with Gasteiger partial charge >= 0.3 is 0 Å². The van der Waals surface area contributed by atoms with Crippen LogP contribution in [0.1, 0.15) is 0 Å². The van der Waals surface area contributed by atoms with E-state index in [1.54, 1.807) is 23.5 Å². The molecule has 62 valence electrons. The average molecular weight is 155 g/mol. The Balaban J connectivity index is 2.14. The van der Waals surface area contributed by atoms with Crippen molar-refractivity contribution in [3.8, 4) is 0 Å². The highest BCUT2D eigenvalue weighted by Gasteiger charge is 1.90. The molecule has 11 heavy (non-hydrogen) atoms. The summed E-state index contributed by atoms with van der Waals surface area (Å²) in [5.41, 5.74) is 0. The van der Waals surface area contributed by atoms with E-state index >= 15 is 0 Å². The van der Waals surface area contributed by atoms with Crippen LogP contribution in [0.15, 0.2) is 18.7 Å². The van der Waals surface area contributed by atoms with Gasteiger partial charge in [0.15, 0.2) is 0 Å². The van der Waals surface area contributed by atoms with Gasteiger partial charge in [-0.05, 0) is 14.1 Å². The fraction of sp³-hybridized carbons (Fsp3) is 0.571. The molecule has 0 fully saturated rings. The predicted molar refractivity (Wildman–Crippen MR) is 42.2 cm³/mol. The Labute approximate surface area is 66.4 Å². The van der Waals surface area contributed by atoms with Crippen LogP contribution in [0.3, 0.4) is 0 Å². The molecule has 4 heteroatoms. The van der Waals surface area contributed by atoms with Crippen molar-refractivity contribution >= 4 is 0 Å². The van der Waals surface area contributed by atoms with Crippen LogP contribution in [0, 0.1) is 0 Å². The van der Waals surface area contributed by atoms with E-state index in [0.717, 1.165) is 6.54 Å². The maximum absolute atomic E-state index is 5.27. The molecule has 0 aliphatic carbocycles. The molecule has 0 aromatic carbocycles. The first kappa shape index (κ1) is 8.07. The van der Waals surface area contributed by atoms with Gasteiger partial charge in [-0.2, -0.15) is 4.73 Å². The van der Waals surface area contributed by atoms with Crippen LogP contribution in [0.25, 0.3) is 0 Å². The van der Waals surface area contributed by atoms with Crippen molar-refractivity contribution in [3.63, 3.8) is 0 Å². The van der Waals surface area contributed by atoms with Gasteiger partial charge in [-0.25, -0.2) is 4.98 Å². The zero-order valence-electron chi connectivity index (χ0n) is 6.90. The molecule has 1 heterocycles. The second-order valence-corrected chi connectivity index (χ2v) is 2.56. The van der Waals surface area contributed by atoms with E-state index < -0.39 is 0 Å². The van der Waals surface area contributed by atoms with Gasteiger partial charge in [0, 0.05) is 12.7 Å². The molecule has 0 spiro atoms. The number of imidazole rings is 1. The van der Waals surface area contributed by atoms with Crippen molar-refractivity contribution in [2.45, 2.75) is 0 Å². The summed E-state index contributed by atoms with van der Waals surface area (Å²) < 4.78 is 1.60. The van der Waals surface area contributed by atoms with E-state index in [2.05, 4.69) is 9.88 Å². The number of hydrogen-bond acceptors (Lipinski definition) is 3.